The maximum Gasteiger partial charge on any atom is 0.239 e. The van der Waals surface area contributed by atoms with Gasteiger partial charge in [-0.3, -0.25) is 4.79 Å². The quantitative estimate of drug-likeness (QED) is 0.884. The summed E-state index contributed by atoms with van der Waals surface area (Å²) in [4.78, 5) is 14.2. The van der Waals surface area contributed by atoms with E-state index in [0.29, 0.717) is 13.1 Å². The van der Waals surface area contributed by atoms with Crippen molar-refractivity contribution in [3.05, 3.63) is 65.0 Å². The lowest BCUT2D eigenvalue weighted by Gasteiger charge is -2.23. The molecule has 0 aliphatic carbocycles. The third-order valence-electron chi connectivity index (χ3n) is 3.69. The molecule has 4 heteroatoms. The largest absolute Gasteiger partial charge is 0.362 e. The van der Waals surface area contributed by atoms with Gasteiger partial charge in [0.15, 0.2) is 0 Å². The number of likely N-dealkylation sites (N-methyl/N-ethyl adjacent to an activating group) is 1. The maximum atomic E-state index is 12.9. The van der Waals surface area contributed by atoms with Crippen molar-refractivity contribution in [2.24, 2.45) is 0 Å². The standard InChI is InChI=1S/C19H23FN2O/c1-4-22(18-10-14(2)9-15(3)11-18)13-19(23)21-12-16-5-7-17(20)8-6-16/h5-11H,4,12-13H2,1-3H3,(H,21,23). The average molecular weight is 314 g/mol. The minimum Gasteiger partial charge on any atom is -0.362 e. The Morgan fingerprint density at radius 1 is 1.09 bits per heavy atom. The molecular formula is C19H23FN2O. The van der Waals surface area contributed by atoms with Gasteiger partial charge < -0.3 is 10.2 Å². The highest BCUT2D eigenvalue weighted by atomic mass is 19.1. The Morgan fingerprint density at radius 3 is 2.26 bits per heavy atom. The van der Waals surface area contributed by atoms with E-state index in [4.69, 9.17) is 0 Å². The van der Waals surface area contributed by atoms with Gasteiger partial charge in [0.1, 0.15) is 5.82 Å². The fourth-order valence-corrected chi connectivity index (χ4v) is 2.55. The zero-order chi connectivity index (χ0) is 16.8. The summed E-state index contributed by atoms with van der Waals surface area (Å²) in [5.74, 6) is -0.317. The molecule has 23 heavy (non-hydrogen) atoms. The van der Waals surface area contributed by atoms with E-state index in [-0.39, 0.29) is 11.7 Å². The van der Waals surface area contributed by atoms with Crippen LogP contribution in [0.4, 0.5) is 10.1 Å². The lowest BCUT2D eigenvalue weighted by molar-refractivity contribution is -0.119. The van der Waals surface area contributed by atoms with Crippen molar-refractivity contribution in [3.63, 3.8) is 0 Å². The van der Waals surface area contributed by atoms with Crippen LogP contribution >= 0.6 is 0 Å². The van der Waals surface area contributed by atoms with E-state index >= 15 is 0 Å². The molecule has 0 unspecified atom stereocenters. The molecule has 0 heterocycles. The molecule has 3 nitrogen and oxygen atoms in total. The number of nitrogens with zero attached hydrogens (tertiary/aromatic N) is 1. The van der Waals surface area contributed by atoms with Gasteiger partial charge in [0, 0.05) is 18.8 Å². The fourth-order valence-electron chi connectivity index (χ4n) is 2.55. The second-order valence-electron chi connectivity index (χ2n) is 5.76. The van der Waals surface area contributed by atoms with Crippen LogP contribution < -0.4 is 10.2 Å². The molecule has 0 fully saturated rings. The molecule has 0 saturated carbocycles. The minimum atomic E-state index is -0.271. The van der Waals surface area contributed by atoms with Gasteiger partial charge in [-0.15, -0.1) is 0 Å². The van der Waals surface area contributed by atoms with Crippen LogP contribution in [-0.2, 0) is 11.3 Å². The molecule has 2 rings (SSSR count). The molecule has 0 atom stereocenters. The molecule has 0 spiro atoms. The summed E-state index contributed by atoms with van der Waals surface area (Å²) in [5.41, 5.74) is 4.31. The van der Waals surface area contributed by atoms with Crippen LogP contribution in [-0.4, -0.2) is 19.0 Å². The predicted molar refractivity (Wildman–Crippen MR) is 92.0 cm³/mol. The molecule has 122 valence electrons. The predicted octanol–water partition coefficient (Wildman–Crippen LogP) is 3.59. The van der Waals surface area contributed by atoms with Crippen molar-refractivity contribution in [2.45, 2.75) is 27.3 Å². The monoisotopic (exact) mass is 314 g/mol. The number of benzene rings is 2. The molecule has 0 aliphatic rings. The van der Waals surface area contributed by atoms with E-state index in [9.17, 15) is 9.18 Å². The Hall–Kier alpha value is -2.36. The lowest BCUT2D eigenvalue weighted by Crippen LogP contribution is -2.37. The maximum absolute atomic E-state index is 12.9. The number of aryl methyl sites for hydroxylation is 2. The second-order valence-corrected chi connectivity index (χ2v) is 5.76. The number of hydrogen-bond acceptors (Lipinski definition) is 2. The van der Waals surface area contributed by atoms with Crippen LogP contribution in [0.15, 0.2) is 42.5 Å². The zero-order valence-corrected chi connectivity index (χ0v) is 13.9. The highest BCUT2D eigenvalue weighted by Gasteiger charge is 2.10. The van der Waals surface area contributed by atoms with Crippen LogP contribution in [0.3, 0.4) is 0 Å². The highest BCUT2D eigenvalue weighted by Crippen LogP contribution is 2.18. The van der Waals surface area contributed by atoms with E-state index in [1.165, 1.54) is 23.3 Å². The van der Waals surface area contributed by atoms with Crippen LogP contribution in [0.2, 0.25) is 0 Å². The van der Waals surface area contributed by atoms with Crippen molar-refractivity contribution in [1.29, 1.82) is 0 Å². The van der Waals surface area contributed by atoms with Gasteiger partial charge in [-0.2, -0.15) is 0 Å². The van der Waals surface area contributed by atoms with Crippen molar-refractivity contribution >= 4 is 11.6 Å². The fraction of sp³-hybridized carbons (Fsp3) is 0.316. The van der Waals surface area contributed by atoms with Crippen molar-refractivity contribution < 1.29 is 9.18 Å². The second kappa shape index (κ2) is 7.77. The van der Waals surface area contributed by atoms with Crippen LogP contribution in [0.25, 0.3) is 0 Å². The number of rotatable bonds is 6. The zero-order valence-electron chi connectivity index (χ0n) is 13.9. The van der Waals surface area contributed by atoms with Crippen molar-refractivity contribution in [2.75, 3.05) is 18.0 Å². The Morgan fingerprint density at radius 2 is 1.70 bits per heavy atom. The topological polar surface area (TPSA) is 32.3 Å². The summed E-state index contributed by atoms with van der Waals surface area (Å²) in [7, 11) is 0. The first kappa shape index (κ1) is 17.0. The number of hydrogen-bond donors (Lipinski definition) is 1. The number of anilines is 1. The molecule has 0 aliphatic heterocycles. The van der Waals surface area contributed by atoms with Crippen molar-refractivity contribution in [3.8, 4) is 0 Å². The number of carbonyl (C=O) groups excluding carboxylic acids is 1. The highest BCUT2D eigenvalue weighted by molar-refractivity contribution is 5.81. The van der Waals surface area contributed by atoms with E-state index in [2.05, 4.69) is 37.4 Å². The molecule has 2 aromatic rings. The first-order chi connectivity index (χ1) is 11.0. The smallest absolute Gasteiger partial charge is 0.239 e. The average Bonchev–Trinajstić information content (AvgIpc) is 2.51. The molecule has 1 N–H and O–H groups in total. The number of halogens is 1. The Bertz CT molecular complexity index is 647. The van der Waals surface area contributed by atoms with Gasteiger partial charge in [-0.1, -0.05) is 18.2 Å². The van der Waals surface area contributed by atoms with E-state index in [1.54, 1.807) is 12.1 Å². The normalized spacial score (nSPS) is 10.4. The summed E-state index contributed by atoms with van der Waals surface area (Å²) in [5, 5.41) is 2.88. The molecule has 0 bridgehead atoms. The summed E-state index contributed by atoms with van der Waals surface area (Å²) in [6.45, 7) is 7.61. The van der Waals surface area contributed by atoms with Gasteiger partial charge in [0.25, 0.3) is 0 Å². The van der Waals surface area contributed by atoms with Gasteiger partial charge in [0.05, 0.1) is 6.54 Å². The minimum absolute atomic E-state index is 0.0460. The van der Waals surface area contributed by atoms with Crippen LogP contribution in [0, 0.1) is 19.7 Å². The summed E-state index contributed by atoms with van der Waals surface area (Å²) >= 11 is 0. The van der Waals surface area contributed by atoms with Gasteiger partial charge in [0.2, 0.25) is 5.91 Å². The number of amides is 1. The third kappa shape index (κ3) is 5.09. The summed E-state index contributed by atoms with van der Waals surface area (Å²) in [6, 6.07) is 12.4. The number of carbonyl (C=O) groups is 1. The van der Waals surface area contributed by atoms with Gasteiger partial charge >= 0.3 is 0 Å². The van der Waals surface area contributed by atoms with E-state index in [0.717, 1.165) is 17.8 Å². The third-order valence-corrected chi connectivity index (χ3v) is 3.69. The summed E-state index contributed by atoms with van der Waals surface area (Å²) < 4.78 is 12.9. The molecule has 0 saturated heterocycles. The van der Waals surface area contributed by atoms with Gasteiger partial charge in [-0.25, -0.2) is 4.39 Å². The lowest BCUT2D eigenvalue weighted by atomic mass is 10.1. The molecule has 0 radical (unpaired) electrons. The first-order valence-electron chi connectivity index (χ1n) is 7.82. The molecular weight excluding hydrogens is 291 g/mol. The molecule has 1 amide bonds. The Balaban J connectivity index is 1.95. The van der Waals surface area contributed by atoms with Crippen LogP contribution in [0.1, 0.15) is 23.6 Å². The Kier molecular flexibility index (Phi) is 5.74. The Labute approximate surface area is 137 Å². The van der Waals surface area contributed by atoms with E-state index < -0.39 is 0 Å². The van der Waals surface area contributed by atoms with Crippen LogP contribution in [0.5, 0.6) is 0 Å². The summed E-state index contributed by atoms with van der Waals surface area (Å²) in [6.07, 6.45) is 0. The van der Waals surface area contributed by atoms with Gasteiger partial charge in [-0.05, 0) is 61.7 Å². The SMILES string of the molecule is CCN(CC(=O)NCc1ccc(F)cc1)c1cc(C)cc(C)c1. The number of nitrogens with one attached hydrogen (secondary N) is 1. The van der Waals surface area contributed by atoms with E-state index in [1.807, 2.05) is 11.8 Å². The molecule has 2 aromatic carbocycles. The van der Waals surface area contributed by atoms with Crippen molar-refractivity contribution in [1.82, 2.24) is 5.32 Å². The first-order valence-corrected chi connectivity index (χ1v) is 7.82. The molecule has 0 aromatic heterocycles.